The topological polar surface area (TPSA) is 95.6 Å². The van der Waals surface area contributed by atoms with Crippen LogP contribution in [0.5, 0.6) is 0 Å². The molecule has 0 spiro atoms. The molecule has 1 atom stereocenters. The van der Waals surface area contributed by atoms with Gasteiger partial charge < -0.3 is 10.7 Å². The summed E-state index contributed by atoms with van der Waals surface area (Å²) in [4.78, 5) is 17.5. The van der Waals surface area contributed by atoms with Gasteiger partial charge in [-0.2, -0.15) is 5.26 Å². The molecule has 0 aromatic carbocycles. The van der Waals surface area contributed by atoms with Crippen molar-refractivity contribution in [1.82, 2.24) is 9.97 Å². The zero-order valence-electron chi connectivity index (χ0n) is 7.65. The van der Waals surface area contributed by atoms with E-state index in [1.54, 1.807) is 0 Å². The standard InChI is InChI=1S/C8H10N4OS/c1-5(2-3-9)14-8-11-6(10)4-7(13)12-8/h4-5H,2H2,1H3,(H3,10,11,12,13). The lowest BCUT2D eigenvalue weighted by Crippen LogP contribution is -2.10. The highest BCUT2D eigenvalue weighted by Crippen LogP contribution is 2.20. The smallest absolute Gasteiger partial charge is 0.253 e. The molecule has 0 aliphatic heterocycles. The monoisotopic (exact) mass is 210 g/mol. The number of nitrogen functional groups attached to an aromatic ring is 1. The number of nitrogens with two attached hydrogens (primary N) is 1. The molecule has 0 radical (unpaired) electrons. The van der Waals surface area contributed by atoms with Crippen molar-refractivity contribution in [1.29, 1.82) is 5.26 Å². The van der Waals surface area contributed by atoms with Gasteiger partial charge in [0, 0.05) is 17.7 Å². The maximum Gasteiger partial charge on any atom is 0.253 e. The van der Waals surface area contributed by atoms with E-state index in [4.69, 9.17) is 11.0 Å². The van der Waals surface area contributed by atoms with Crippen LogP contribution in [0.1, 0.15) is 13.3 Å². The lowest BCUT2D eigenvalue weighted by molar-refractivity contribution is 0.918. The number of aromatic nitrogens is 2. The van der Waals surface area contributed by atoms with E-state index < -0.39 is 0 Å². The van der Waals surface area contributed by atoms with Crippen molar-refractivity contribution < 1.29 is 0 Å². The summed E-state index contributed by atoms with van der Waals surface area (Å²) in [6, 6.07) is 3.27. The summed E-state index contributed by atoms with van der Waals surface area (Å²) in [7, 11) is 0. The van der Waals surface area contributed by atoms with Gasteiger partial charge >= 0.3 is 0 Å². The summed E-state index contributed by atoms with van der Waals surface area (Å²) in [6.45, 7) is 1.89. The lowest BCUT2D eigenvalue weighted by Gasteiger charge is -2.05. The molecule has 0 amide bonds. The van der Waals surface area contributed by atoms with Crippen molar-refractivity contribution >= 4 is 17.6 Å². The molecule has 0 fully saturated rings. The molecule has 1 unspecified atom stereocenters. The lowest BCUT2D eigenvalue weighted by atomic mass is 10.4. The van der Waals surface area contributed by atoms with Gasteiger partial charge in [-0.25, -0.2) is 4.98 Å². The molecule has 5 nitrogen and oxygen atoms in total. The number of H-pyrrole nitrogens is 1. The molecule has 1 heterocycles. The van der Waals surface area contributed by atoms with Crippen LogP contribution >= 0.6 is 11.8 Å². The van der Waals surface area contributed by atoms with E-state index in [-0.39, 0.29) is 16.6 Å². The quantitative estimate of drug-likeness (QED) is 0.566. The van der Waals surface area contributed by atoms with Crippen LogP contribution < -0.4 is 11.3 Å². The second-order valence-electron chi connectivity index (χ2n) is 2.77. The van der Waals surface area contributed by atoms with Crippen molar-refractivity contribution in [3.8, 4) is 6.07 Å². The first-order valence-corrected chi connectivity index (χ1v) is 4.90. The van der Waals surface area contributed by atoms with Gasteiger partial charge in [0.1, 0.15) is 5.82 Å². The first-order valence-electron chi connectivity index (χ1n) is 4.02. The Labute approximate surface area is 85.3 Å². The van der Waals surface area contributed by atoms with Gasteiger partial charge in [0.2, 0.25) is 0 Å². The molecule has 0 saturated heterocycles. The Bertz CT molecular complexity index is 409. The van der Waals surface area contributed by atoms with Crippen LogP contribution in [-0.2, 0) is 0 Å². The van der Waals surface area contributed by atoms with Crippen LogP contribution in [0, 0.1) is 11.3 Å². The van der Waals surface area contributed by atoms with Gasteiger partial charge in [-0.1, -0.05) is 18.7 Å². The zero-order valence-corrected chi connectivity index (χ0v) is 8.47. The van der Waals surface area contributed by atoms with Crippen LogP contribution in [0.3, 0.4) is 0 Å². The van der Waals surface area contributed by atoms with Crippen LogP contribution in [0.2, 0.25) is 0 Å². The normalized spacial score (nSPS) is 12.0. The predicted molar refractivity (Wildman–Crippen MR) is 54.8 cm³/mol. The number of nitriles is 1. The van der Waals surface area contributed by atoms with Crippen molar-refractivity contribution in [3.63, 3.8) is 0 Å². The number of nitrogens with zero attached hydrogens (tertiary/aromatic N) is 2. The molecule has 14 heavy (non-hydrogen) atoms. The minimum absolute atomic E-state index is 0.0879. The Morgan fingerprint density at radius 2 is 2.57 bits per heavy atom. The molecular formula is C8H10N4OS. The highest BCUT2D eigenvalue weighted by atomic mass is 32.2. The Morgan fingerprint density at radius 1 is 1.86 bits per heavy atom. The summed E-state index contributed by atoms with van der Waals surface area (Å²) >= 11 is 1.33. The molecule has 74 valence electrons. The van der Waals surface area contributed by atoms with Crippen LogP contribution in [0.15, 0.2) is 16.0 Å². The number of hydrogen-bond donors (Lipinski definition) is 2. The van der Waals surface area contributed by atoms with Gasteiger partial charge in [-0.15, -0.1) is 0 Å². The Kier molecular flexibility index (Phi) is 3.54. The third-order valence-corrected chi connectivity index (χ3v) is 2.42. The SMILES string of the molecule is CC(CC#N)Sc1nc(N)cc(=O)[nH]1. The van der Waals surface area contributed by atoms with E-state index >= 15 is 0 Å². The van der Waals surface area contributed by atoms with Gasteiger partial charge in [-0.3, -0.25) is 4.79 Å². The molecular weight excluding hydrogens is 200 g/mol. The minimum atomic E-state index is -0.274. The predicted octanol–water partition coefficient (Wildman–Crippen LogP) is 0.746. The summed E-state index contributed by atoms with van der Waals surface area (Å²) in [5.74, 6) is 0.195. The van der Waals surface area contributed by atoms with Gasteiger partial charge in [0.15, 0.2) is 5.16 Å². The fraction of sp³-hybridized carbons (Fsp3) is 0.375. The summed E-state index contributed by atoms with van der Waals surface area (Å²) in [5.41, 5.74) is 5.13. The number of thioether (sulfide) groups is 1. The van der Waals surface area contributed by atoms with Crippen molar-refractivity contribution in [2.24, 2.45) is 0 Å². The first-order chi connectivity index (χ1) is 6.61. The van der Waals surface area contributed by atoms with Gasteiger partial charge in [0.05, 0.1) is 6.07 Å². The molecule has 0 aliphatic carbocycles. The maximum atomic E-state index is 11.0. The molecule has 3 N–H and O–H groups in total. The van der Waals surface area contributed by atoms with Crippen molar-refractivity contribution in [2.45, 2.75) is 23.8 Å². The van der Waals surface area contributed by atoms with E-state index in [1.807, 2.05) is 13.0 Å². The third kappa shape index (κ3) is 3.11. The average Bonchev–Trinajstić information content (AvgIpc) is 2.01. The fourth-order valence-electron chi connectivity index (χ4n) is 0.870. The summed E-state index contributed by atoms with van der Waals surface area (Å²) < 4.78 is 0. The second-order valence-corrected chi connectivity index (χ2v) is 4.19. The van der Waals surface area contributed by atoms with Gasteiger partial charge in [-0.05, 0) is 0 Å². The van der Waals surface area contributed by atoms with E-state index in [0.29, 0.717) is 11.6 Å². The largest absolute Gasteiger partial charge is 0.383 e. The molecule has 0 aliphatic rings. The molecule has 6 heteroatoms. The van der Waals surface area contributed by atoms with E-state index in [9.17, 15) is 4.79 Å². The fourth-order valence-corrected chi connectivity index (χ4v) is 1.73. The van der Waals surface area contributed by atoms with Crippen LogP contribution in [0.25, 0.3) is 0 Å². The zero-order chi connectivity index (χ0) is 10.6. The van der Waals surface area contributed by atoms with Crippen molar-refractivity contribution in [2.75, 3.05) is 5.73 Å². The van der Waals surface area contributed by atoms with Crippen molar-refractivity contribution in [3.05, 3.63) is 16.4 Å². The van der Waals surface area contributed by atoms with E-state index in [2.05, 4.69) is 9.97 Å². The Morgan fingerprint density at radius 3 is 3.14 bits per heavy atom. The number of nitrogens with one attached hydrogen (secondary N) is 1. The number of hydrogen-bond acceptors (Lipinski definition) is 5. The van der Waals surface area contributed by atoms with Crippen LogP contribution in [-0.4, -0.2) is 15.2 Å². The summed E-state index contributed by atoms with van der Waals surface area (Å²) in [6.07, 6.45) is 0.406. The van der Waals surface area contributed by atoms with E-state index in [0.717, 1.165) is 0 Å². The Hall–Kier alpha value is -1.48. The number of rotatable bonds is 3. The molecule has 1 aromatic heterocycles. The number of aromatic amines is 1. The Balaban J connectivity index is 2.77. The average molecular weight is 210 g/mol. The summed E-state index contributed by atoms with van der Waals surface area (Å²) in [5, 5.41) is 8.99. The minimum Gasteiger partial charge on any atom is -0.383 e. The van der Waals surface area contributed by atoms with Gasteiger partial charge in [0.25, 0.3) is 5.56 Å². The highest BCUT2D eigenvalue weighted by molar-refractivity contribution is 7.99. The highest BCUT2D eigenvalue weighted by Gasteiger charge is 2.06. The third-order valence-electron chi connectivity index (χ3n) is 1.43. The van der Waals surface area contributed by atoms with Crippen LogP contribution in [0.4, 0.5) is 5.82 Å². The number of anilines is 1. The molecule has 0 bridgehead atoms. The maximum absolute atomic E-state index is 11.0. The second kappa shape index (κ2) is 4.67. The molecule has 1 rings (SSSR count). The molecule has 0 saturated carbocycles. The van der Waals surface area contributed by atoms with E-state index in [1.165, 1.54) is 17.8 Å². The first kappa shape index (κ1) is 10.6. The molecule has 1 aromatic rings.